The van der Waals surface area contributed by atoms with E-state index in [0.29, 0.717) is 11.6 Å². The maximum Gasteiger partial charge on any atom is 0.127 e. The second-order valence-electron chi connectivity index (χ2n) is 4.45. The van der Waals surface area contributed by atoms with E-state index in [9.17, 15) is 0 Å². The van der Waals surface area contributed by atoms with E-state index in [1.165, 1.54) is 0 Å². The molecule has 0 atom stereocenters. The molecule has 0 fully saturated rings. The van der Waals surface area contributed by atoms with Gasteiger partial charge in [0.15, 0.2) is 0 Å². The average molecular weight is 341 g/mol. The maximum absolute atomic E-state index is 6.17. The number of ether oxygens (including phenoxy) is 1. The molecular weight excluding hydrogens is 326 g/mol. The lowest BCUT2D eigenvalue weighted by atomic mass is 10.1. The molecule has 2 N–H and O–H groups in total. The molecule has 0 aliphatic carbocycles. The summed E-state index contributed by atoms with van der Waals surface area (Å²) in [4.78, 5) is 0. The summed E-state index contributed by atoms with van der Waals surface area (Å²) in [5.74, 6) is 0.832. The van der Waals surface area contributed by atoms with Gasteiger partial charge in [-0.15, -0.1) is 0 Å². The highest BCUT2D eigenvalue weighted by molar-refractivity contribution is 9.10. The van der Waals surface area contributed by atoms with E-state index in [0.717, 1.165) is 32.6 Å². The molecule has 2 aromatic carbocycles. The Morgan fingerprint density at radius 1 is 1.21 bits per heavy atom. The Morgan fingerprint density at radius 3 is 2.63 bits per heavy atom. The number of hydrogen-bond donors (Lipinski definition) is 1. The fourth-order valence-electron chi connectivity index (χ4n) is 1.85. The van der Waals surface area contributed by atoms with Gasteiger partial charge in [-0.05, 0) is 37.6 Å². The van der Waals surface area contributed by atoms with E-state index >= 15 is 0 Å². The van der Waals surface area contributed by atoms with Crippen molar-refractivity contribution in [2.24, 2.45) is 0 Å². The van der Waals surface area contributed by atoms with Gasteiger partial charge in [-0.1, -0.05) is 39.7 Å². The molecule has 19 heavy (non-hydrogen) atoms. The molecule has 0 saturated carbocycles. The SMILES string of the molecule is Cc1ccc(N)c(C)c1OCc1ccc(Br)cc1Cl. The topological polar surface area (TPSA) is 35.2 Å². The molecule has 0 heterocycles. The largest absolute Gasteiger partial charge is 0.488 e. The fraction of sp³-hybridized carbons (Fsp3) is 0.200. The second-order valence-corrected chi connectivity index (χ2v) is 5.77. The van der Waals surface area contributed by atoms with Crippen LogP contribution in [0.2, 0.25) is 5.02 Å². The summed E-state index contributed by atoms with van der Waals surface area (Å²) in [7, 11) is 0. The summed E-state index contributed by atoms with van der Waals surface area (Å²) >= 11 is 9.56. The van der Waals surface area contributed by atoms with Crippen molar-refractivity contribution in [3.8, 4) is 5.75 Å². The summed E-state index contributed by atoms with van der Waals surface area (Å²) in [6, 6.07) is 9.61. The van der Waals surface area contributed by atoms with Crippen molar-refractivity contribution in [1.29, 1.82) is 0 Å². The quantitative estimate of drug-likeness (QED) is 0.808. The van der Waals surface area contributed by atoms with Crippen molar-refractivity contribution < 1.29 is 4.74 Å². The van der Waals surface area contributed by atoms with Gasteiger partial charge in [0.25, 0.3) is 0 Å². The van der Waals surface area contributed by atoms with Crippen LogP contribution in [-0.2, 0) is 6.61 Å². The van der Waals surface area contributed by atoms with Gasteiger partial charge < -0.3 is 10.5 Å². The maximum atomic E-state index is 6.17. The molecule has 2 rings (SSSR count). The van der Waals surface area contributed by atoms with Gasteiger partial charge in [0.2, 0.25) is 0 Å². The third kappa shape index (κ3) is 3.23. The van der Waals surface area contributed by atoms with Crippen molar-refractivity contribution in [1.82, 2.24) is 0 Å². The molecule has 0 aromatic heterocycles. The van der Waals surface area contributed by atoms with Gasteiger partial charge in [0, 0.05) is 26.3 Å². The highest BCUT2D eigenvalue weighted by Crippen LogP contribution is 2.29. The van der Waals surface area contributed by atoms with Crippen LogP contribution in [-0.4, -0.2) is 0 Å². The van der Waals surface area contributed by atoms with Crippen molar-refractivity contribution in [2.75, 3.05) is 5.73 Å². The minimum absolute atomic E-state index is 0.428. The number of aryl methyl sites for hydroxylation is 1. The predicted octanol–water partition coefficient (Wildman–Crippen LogP) is 4.88. The van der Waals surface area contributed by atoms with Crippen molar-refractivity contribution >= 4 is 33.2 Å². The van der Waals surface area contributed by atoms with Crippen LogP contribution < -0.4 is 10.5 Å². The Hall–Kier alpha value is -1.19. The third-order valence-electron chi connectivity index (χ3n) is 3.03. The molecule has 0 spiro atoms. The molecule has 2 nitrogen and oxygen atoms in total. The van der Waals surface area contributed by atoms with Crippen LogP contribution >= 0.6 is 27.5 Å². The van der Waals surface area contributed by atoms with Gasteiger partial charge >= 0.3 is 0 Å². The number of halogens is 2. The summed E-state index contributed by atoms with van der Waals surface area (Å²) in [5, 5.41) is 0.689. The summed E-state index contributed by atoms with van der Waals surface area (Å²) in [6.07, 6.45) is 0. The van der Waals surface area contributed by atoms with E-state index < -0.39 is 0 Å². The first kappa shape index (κ1) is 14.2. The van der Waals surface area contributed by atoms with Crippen LogP contribution in [0, 0.1) is 13.8 Å². The molecule has 0 unspecified atom stereocenters. The minimum Gasteiger partial charge on any atom is -0.488 e. The number of nitrogen functional groups attached to an aromatic ring is 1. The molecule has 0 bridgehead atoms. The smallest absolute Gasteiger partial charge is 0.127 e. The van der Waals surface area contributed by atoms with E-state index in [2.05, 4.69) is 15.9 Å². The Morgan fingerprint density at radius 2 is 1.95 bits per heavy atom. The second kappa shape index (κ2) is 5.85. The summed E-state index contributed by atoms with van der Waals surface area (Å²) in [5.41, 5.74) is 9.62. The van der Waals surface area contributed by atoms with Crippen molar-refractivity contribution in [3.05, 3.63) is 56.5 Å². The molecule has 0 amide bonds. The van der Waals surface area contributed by atoms with E-state index in [4.69, 9.17) is 22.1 Å². The van der Waals surface area contributed by atoms with Crippen LogP contribution in [0.15, 0.2) is 34.8 Å². The average Bonchev–Trinajstić information content (AvgIpc) is 2.36. The molecule has 4 heteroatoms. The van der Waals surface area contributed by atoms with Crippen LogP contribution in [0.5, 0.6) is 5.75 Å². The number of nitrogens with two attached hydrogens (primary N) is 1. The molecule has 0 aliphatic rings. The molecular formula is C15H15BrClNO. The normalized spacial score (nSPS) is 10.5. The lowest BCUT2D eigenvalue weighted by Gasteiger charge is -2.14. The molecule has 2 aromatic rings. The Balaban J connectivity index is 2.21. The monoisotopic (exact) mass is 339 g/mol. The highest BCUT2D eigenvalue weighted by atomic mass is 79.9. The zero-order valence-electron chi connectivity index (χ0n) is 10.8. The first-order valence-electron chi connectivity index (χ1n) is 5.91. The summed E-state index contributed by atoms with van der Waals surface area (Å²) in [6.45, 7) is 4.39. The predicted molar refractivity (Wildman–Crippen MR) is 83.8 cm³/mol. The van der Waals surface area contributed by atoms with E-state index in [-0.39, 0.29) is 0 Å². The van der Waals surface area contributed by atoms with Crippen LogP contribution in [0.25, 0.3) is 0 Å². The van der Waals surface area contributed by atoms with Gasteiger partial charge in [-0.2, -0.15) is 0 Å². The van der Waals surface area contributed by atoms with E-state index in [1.54, 1.807) is 0 Å². The summed E-state index contributed by atoms with van der Waals surface area (Å²) < 4.78 is 6.83. The van der Waals surface area contributed by atoms with Crippen molar-refractivity contribution in [3.63, 3.8) is 0 Å². The lowest BCUT2D eigenvalue weighted by molar-refractivity contribution is 0.302. The van der Waals surface area contributed by atoms with Gasteiger partial charge in [-0.3, -0.25) is 0 Å². The standard InChI is InChI=1S/C15H15BrClNO/c1-9-3-6-14(18)10(2)15(9)19-8-11-4-5-12(16)7-13(11)17/h3-7H,8,18H2,1-2H3. The Labute approximate surface area is 126 Å². The Bertz CT molecular complexity index is 613. The number of hydrogen-bond acceptors (Lipinski definition) is 2. The lowest BCUT2D eigenvalue weighted by Crippen LogP contribution is -2.01. The van der Waals surface area contributed by atoms with Crippen LogP contribution in [0.4, 0.5) is 5.69 Å². The molecule has 0 aliphatic heterocycles. The minimum atomic E-state index is 0.428. The Kier molecular flexibility index (Phi) is 4.38. The van der Waals surface area contributed by atoms with Gasteiger partial charge in [0.1, 0.15) is 12.4 Å². The van der Waals surface area contributed by atoms with Crippen LogP contribution in [0.1, 0.15) is 16.7 Å². The highest BCUT2D eigenvalue weighted by Gasteiger charge is 2.08. The zero-order chi connectivity index (χ0) is 14.0. The van der Waals surface area contributed by atoms with Gasteiger partial charge in [-0.25, -0.2) is 0 Å². The first-order valence-corrected chi connectivity index (χ1v) is 7.08. The van der Waals surface area contributed by atoms with Crippen molar-refractivity contribution in [2.45, 2.75) is 20.5 Å². The molecule has 0 radical (unpaired) electrons. The van der Waals surface area contributed by atoms with E-state index in [1.807, 2.05) is 44.2 Å². The zero-order valence-corrected chi connectivity index (χ0v) is 13.2. The first-order chi connectivity index (χ1) is 8.99. The number of rotatable bonds is 3. The molecule has 100 valence electrons. The number of anilines is 1. The third-order valence-corrected chi connectivity index (χ3v) is 3.88. The molecule has 0 saturated heterocycles. The fourth-order valence-corrected chi connectivity index (χ4v) is 2.58. The van der Waals surface area contributed by atoms with Gasteiger partial charge in [0.05, 0.1) is 0 Å². The number of benzene rings is 2. The van der Waals surface area contributed by atoms with Crippen LogP contribution in [0.3, 0.4) is 0 Å².